The molecule has 118 valence electrons. The highest BCUT2D eigenvalue weighted by atomic mass is 35.5. The molecule has 0 fully saturated rings. The van der Waals surface area contributed by atoms with Gasteiger partial charge in [-0.25, -0.2) is 4.79 Å². The molecule has 0 spiro atoms. The van der Waals surface area contributed by atoms with Crippen LogP contribution in [0, 0.1) is 0 Å². The van der Waals surface area contributed by atoms with Gasteiger partial charge in [0.1, 0.15) is 0 Å². The summed E-state index contributed by atoms with van der Waals surface area (Å²) in [5, 5.41) is 4.73. The van der Waals surface area contributed by atoms with E-state index in [0.29, 0.717) is 23.8 Å². The number of rotatable bonds is 3. The van der Waals surface area contributed by atoms with Gasteiger partial charge in [-0.15, -0.1) is 0 Å². The van der Waals surface area contributed by atoms with Crippen LogP contribution in [-0.2, 0) is 17.7 Å². The Morgan fingerprint density at radius 3 is 2.95 bits per heavy atom. The highest BCUT2D eigenvalue weighted by molar-refractivity contribution is 6.33. The zero-order valence-electron chi connectivity index (χ0n) is 13.0. The molecule has 0 saturated heterocycles. The van der Waals surface area contributed by atoms with Crippen LogP contribution in [0.2, 0.25) is 5.02 Å². The van der Waals surface area contributed by atoms with E-state index >= 15 is 0 Å². The molecule has 1 aromatic heterocycles. The first-order valence-electron chi connectivity index (χ1n) is 7.37. The van der Waals surface area contributed by atoms with Gasteiger partial charge in [-0.3, -0.25) is 0 Å². The second-order valence-electron chi connectivity index (χ2n) is 5.46. The summed E-state index contributed by atoms with van der Waals surface area (Å²) in [5.74, 6) is -0.140. The maximum absolute atomic E-state index is 12.2. The number of hydrogen-bond acceptors (Lipinski definition) is 5. The number of halogens is 1. The summed E-state index contributed by atoms with van der Waals surface area (Å²) in [6.45, 7) is 3.62. The van der Waals surface area contributed by atoms with Crippen molar-refractivity contribution >= 4 is 34.2 Å². The van der Waals surface area contributed by atoms with E-state index in [1.165, 1.54) is 0 Å². The second-order valence-corrected chi connectivity index (χ2v) is 5.86. The first-order valence-corrected chi connectivity index (χ1v) is 7.74. The molecule has 0 atom stereocenters. The highest BCUT2D eigenvalue weighted by Gasteiger charge is 2.29. The molecule has 0 saturated carbocycles. The molecule has 0 amide bonds. The summed E-state index contributed by atoms with van der Waals surface area (Å²) >= 11 is 6.45. The van der Waals surface area contributed by atoms with Crippen LogP contribution in [0.1, 0.15) is 28.6 Å². The minimum Gasteiger partial charge on any atom is -0.460 e. The molecule has 22 heavy (non-hydrogen) atoms. The fourth-order valence-electron chi connectivity index (χ4n) is 2.97. The number of nitrogens with one attached hydrogen (secondary N) is 1. The van der Waals surface area contributed by atoms with Crippen molar-refractivity contribution in [2.24, 2.45) is 0 Å². The molecule has 2 aromatic rings. The van der Waals surface area contributed by atoms with E-state index in [9.17, 15) is 4.79 Å². The maximum Gasteiger partial charge on any atom is 0.374 e. The number of furan rings is 1. The zero-order valence-corrected chi connectivity index (χ0v) is 13.7. The van der Waals surface area contributed by atoms with Crippen molar-refractivity contribution in [3.05, 3.63) is 28.0 Å². The minimum atomic E-state index is -0.423. The Labute approximate surface area is 134 Å². The number of esters is 1. The third kappa shape index (κ3) is 2.34. The summed E-state index contributed by atoms with van der Waals surface area (Å²) in [4.78, 5) is 14.4. The van der Waals surface area contributed by atoms with Crippen molar-refractivity contribution in [1.82, 2.24) is 4.90 Å². The molecular weight excluding hydrogens is 304 g/mol. The lowest BCUT2D eigenvalue weighted by molar-refractivity contribution is 0.0490. The monoisotopic (exact) mass is 322 g/mol. The predicted octanol–water partition coefficient (Wildman–Crippen LogP) is 3.29. The third-order valence-corrected chi connectivity index (χ3v) is 4.35. The Balaban J connectivity index is 2.32. The average Bonchev–Trinajstić information content (AvgIpc) is 2.75. The van der Waals surface area contributed by atoms with Crippen LogP contribution < -0.4 is 5.32 Å². The number of likely N-dealkylation sites (N-methyl/N-ethyl adjacent to an activating group) is 1. The highest BCUT2D eigenvalue weighted by Crippen LogP contribution is 2.40. The Morgan fingerprint density at radius 2 is 2.27 bits per heavy atom. The molecule has 3 rings (SSSR count). The van der Waals surface area contributed by atoms with Crippen LogP contribution in [0.5, 0.6) is 0 Å². The summed E-state index contributed by atoms with van der Waals surface area (Å²) in [6, 6.07) is 1.85. The number of carbonyl (C=O) groups is 1. The summed E-state index contributed by atoms with van der Waals surface area (Å²) in [5.41, 5.74) is 3.36. The lowest BCUT2D eigenvalue weighted by Crippen LogP contribution is -2.20. The van der Waals surface area contributed by atoms with E-state index < -0.39 is 5.97 Å². The zero-order chi connectivity index (χ0) is 15.9. The number of anilines is 1. The van der Waals surface area contributed by atoms with E-state index in [2.05, 4.69) is 10.2 Å². The number of benzene rings is 1. The molecule has 1 N–H and O–H groups in total. The molecule has 0 bridgehead atoms. The molecule has 1 aliphatic heterocycles. The summed E-state index contributed by atoms with van der Waals surface area (Å²) in [7, 11) is 3.83. The van der Waals surface area contributed by atoms with Crippen molar-refractivity contribution in [3.63, 3.8) is 0 Å². The molecule has 0 radical (unpaired) electrons. The Bertz CT molecular complexity index is 739. The van der Waals surface area contributed by atoms with Crippen molar-refractivity contribution in [3.8, 4) is 0 Å². The average molecular weight is 323 g/mol. The van der Waals surface area contributed by atoms with Crippen LogP contribution in [0.15, 0.2) is 10.5 Å². The SMILES string of the molecule is CCOC(=O)c1oc2c(NC)cc(Cl)c3c2c1CN(C)CC3. The van der Waals surface area contributed by atoms with Crippen LogP contribution >= 0.6 is 11.6 Å². The standard InChI is InChI=1S/C16H19ClN2O3/c1-4-21-16(20)14-10-8-19(3)6-5-9-11(17)7-12(18-2)15(22-14)13(9)10/h7,18H,4-6,8H2,1-3H3. The largest absolute Gasteiger partial charge is 0.460 e. The number of carbonyl (C=O) groups excluding carboxylic acids is 1. The normalized spacial score (nSPS) is 14.9. The molecule has 0 aliphatic carbocycles. The predicted molar refractivity (Wildman–Crippen MR) is 86.8 cm³/mol. The van der Waals surface area contributed by atoms with Crippen LogP contribution in [-0.4, -0.2) is 38.1 Å². The Kier molecular flexibility index (Phi) is 4.02. The van der Waals surface area contributed by atoms with Gasteiger partial charge in [-0.05, 0) is 32.0 Å². The van der Waals surface area contributed by atoms with E-state index in [0.717, 1.165) is 35.2 Å². The molecule has 6 heteroatoms. The van der Waals surface area contributed by atoms with Gasteiger partial charge in [0.05, 0.1) is 12.3 Å². The third-order valence-electron chi connectivity index (χ3n) is 4.01. The number of ether oxygens (including phenoxy) is 1. The minimum absolute atomic E-state index is 0.283. The molecule has 5 nitrogen and oxygen atoms in total. The first-order chi connectivity index (χ1) is 10.6. The number of hydrogen-bond donors (Lipinski definition) is 1. The quantitative estimate of drug-likeness (QED) is 0.879. The topological polar surface area (TPSA) is 54.7 Å². The van der Waals surface area contributed by atoms with Crippen LogP contribution in [0.4, 0.5) is 5.69 Å². The van der Waals surface area contributed by atoms with Gasteiger partial charge in [-0.1, -0.05) is 11.6 Å². The first kappa shape index (κ1) is 15.2. The smallest absolute Gasteiger partial charge is 0.374 e. The van der Waals surface area contributed by atoms with Gasteiger partial charge in [0.25, 0.3) is 0 Å². The van der Waals surface area contributed by atoms with Gasteiger partial charge in [-0.2, -0.15) is 0 Å². The van der Waals surface area contributed by atoms with Crippen molar-refractivity contribution in [2.45, 2.75) is 19.9 Å². The van der Waals surface area contributed by atoms with Crippen LogP contribution in [0.3, 0.4) is 0 Å². The van der Waals surface area contributed by atoms with E-state index in [4.69, 9.17) is 20.8 Å². The summed E-state index contributed by atoms with van der Waals surface area (Å²) in [6.07, 6.45) is 0.824. The van der Waals surface area contributed by atoms with E-state index in [1.54, 1.807) is 6.92 Å². The van der Waals surface area contributed by atoms with Crippen LogP contribution in [0.25, 0.3) is 11.0 Å². The Morgan fingerprint density at radius 1 is 1.50 bits per heavy atom. The maximum atomic E-state index is 12.2. The lowest BCUT2D eigenvalue weighted by atomic mass is 10.0. The molecule has 2 heterocycles. The van der Waals surface area contributed by atoms with Gasteiger partial charge in [0.15, 0.2) is 5.58 Å². The Hall–Kier alpha value is -1.72. The molecule has 1 aliphatic rings. The second kappa shape index (κ2) is 5.82. The fraction of sp³-hybridized carbons (Fsp3) is 0.438. The van der Waals surface area contributed by atoms with Crippen molar-refractivity contribution in [1.29, 1.82) is 0 Å². The van der Waals surface area contributed by atoms with Crippen molar-refractivity contribution < 1.29 is 13.9 Å². The summed E-state index contributed by atoms with van der Waals surface area (Å²) < 4.78 is 11.0. The van der Waals surface area contributed by atoms with E-state index in [-0.39, 0.29) is 5.76 Å². The number of nitrogens with zero attached hydrogens (tertiary/aromatic N) is 1. The van der Waals surface area contributed by atoms with Gasteiger partial charge in [0.2, 0.25) is 5.76 Å². The van der Waals surface area contributed by atoms with Gasteiger partial charge >= 0.3 is 5.97 Å². The molecule has 1 aromatic carbocycles. The van der Waals surface area contributed by atoms with Crippen molar-refractivity contribution in [2.75, 3.05) is 32.6 Å². The lowest BCUT2D eigenvalue weighted by Gasteiger charge is -2.13. The van der Waals surface area contributed by atoms with Gasteiger partial charge < -0.3 is 19.4 Å². The van der Waals surface area contributed by atoms with E-state index in [1.807, 2.05) is 20.2 Å². The molecule has 0 unspecified atom stereocenters. The van der Waals surface area contributed by atoms with Gasteiger partial charge in [0, 0.05) is 36.1 Å². The fourth-order valence-corrected chi connectivity index (χ4v) is 3.27. The molecular formula is C16H19ClN2O3.